The van der Waals surface area contributed by atoms with Gasteiger partial charge >= 0.3 is 0 Å². The van der Waals surface area contributed by atoms with Crippen molar-refractivity contribution in [2.75, 3.05) is 11.9 Å². The summed E-state index contributed by atoms with van der Waals surface area (Å²) in [4.78, 5) is 24.2. The Balaban J connectivity index is 1.54. The van der Waals surface area contributed by atoms with Gasteiger partial charge in [-0.2, -0.15) is 11.3 Å². The number of carbonyl (C=O) groups excluding carboxylic acids is 2. The van der Waals surface area contributed by atoms with Crippen LogP contribution in [0.5, 0.6) is 0 Å². The van der Waals surface area contributed by atoms with E-state index < -0.39 is 9.84 Å². The monoisotopic (exact) mass is 406 g/mol. The maximum absolute atomic E-state index is 12.7. The highest BCUT2D eigenvalue weighted by atomic mass is 32.2. The smallest absolute Gasteiger partial charge is 0.252 e. The van der Waals surface area contributed by atoms with Crippen LogP contribution in [-0.2, 0) is 14.6 Å². The van der Waals surface area contributed by atoms with E-state index in [4.69, 9.17) is 0 Å². The van der Waals surface area contributed by atoms with Crippen molar-refractivity contribution in [2.24, 2.45) is 0 Å². The third-order valence-corrected chi connectivity index (χ3v) is 7.55. The zero-order chi connectivity index (χ0) is 19.3. The molecule has 2 aromatic rings. The lowest BCUT2D eigenvalue weighted by Gasteiger charge is -2.12. The highest BCUT2D eigenvalue weighted by molar-refractivity contribution is 7.92. The fourth-order valence-corrected chi connectivity index (χ4v) is 5.68. The molecule has 1 aliphatic carbocycles. The van der Waals surface area contributed by atoms with E-state index in [1.54, 1.807) is 29.6 Å². The van der Waals surface area contributed by atoms with E-state index in [1.807, 2.05) is 5.38 Å². The average Bonchev–Trinajstić information content (AvgIpc) is 3.36. The largest absolute Gasteiger partial charge is 0.351 e. The van der Waals surface area contributed by atoms with Gasteiger partial charge in [0.15, 0.2) is 9.84 Å². The average molecular weight is 407 g/mol. The lowest BCUT2D eigenvalue weighted by atomic mass is 10.3. The second kappa shape index (κ2) is 8.67. The molecule has 0 bridgehead atoms. The Morgan fingerprint density at radius 2 is 1.93 bits per heavy atom. The van der Waals surface area contributed by atoms with Crippen molar-refractivity contribution >= 4 is 38.7 Å². The molecule has 1 aromatic carbocycles. The first-order valence-electron chi connectivity index (χ1n) is 8.91. The van der Waals surface area contributed by atoms with E-state index in [2.05, 4.69) is 10.6 Å². The summed E-state index contributed by atoms with van der Waals surface area (Å²) in [6.45, 7) is 0.209. The van der Waals surface area contributed by atoms with Crippen molar-refractivity contribution in [1.29, 1.82) is 0 Å². The van der Waals surface area contributed by atoms with Crippen LogP contribution in [-0.4, -0.2) is 32.0 Å². The number of sulfone groups is 1. The maximum atomic E-state index is 12.7. The van der Waals surface area contributed by atoms with Crippen LogP contribution in [0.25, 0.3) is 0 Å². The van der Waals surface area contributed by atoms with Crippen molar-refractivity contribution in [1.82, 2.24) is 5.32 Å². The topological polar surface area (TPSA) is 92.3 Å². The van der Waals surface area contributed by atoms with E-state index in [-0.39, 0.29) is 34.9 Å². The van der Waals surface area contributed by atoms with Crippen LogP contribution in [0.4, 0.5) is 5.69 Å². The molecule has 0 saturated heterocycles. The number of benzene rings is 1. The predicted molar refractivity (Wildman–Crippen MR) is 106 cm³/mol. The lowest BCUT2D eigenvalue weighted by molar-refractivity contribution is -0.116. The van der Waals surface area contributed by atoms with Gasteiger partial charge in [-0.15, -0.1) is 0 Å². The minimum Gasteiger partial charge on any atom is -0.351 e. The molecule has 27 heavy (non-hydrogen) atoms. The van der Waals surface area contributed by atoms with Crippen molar-refractivity contribution in [3.8, 4) is 0 Å². The van der Waals surface area contributed by atoms with Crippen LogP contribution >= 0.6 is 11.3 Å². The van der Waals surface area contributed by atoms with Gasteiger partial charge in [0.1, 0.15) is 0 Å². The molecule has 8 heteroatoms. The van der Waals surface area contributed by atoms with Crippen LogP contribution in [0, 0.1) is 0 Å². The molecule has 144 valence electrons. The second-order valence-electron chi connectivity index (χ2n) is 6.55. The summed E-state index contributed by atoms with van der Waals surface area (Å²) in [5.74, 6) is -0.496. The highest BCUT2D eigenvalue weighted by Gasteiger charge is 2.30. The number of amides is 2. The molecular weight excluding hydrogens is 384 g/mol. The van der Waals surface area contributed by atoms with Crippen molar-refractivity contribution in [2.45, 2.75) is 42.2 Å². The van der Waals surface area contributed by atoms with E-state index >= 15 is 0 Å². The Morgan fingerprint density at radius 3 is 2.63 bits per heavy atom. The van der Waals surface area contributed by atoms with Gasteiger partial charge in [-0.1, -0.05) is 18.9 Å². The van der Waals surface area contributed by atoms with Gasteiger partial charge < -0.3 is 10.6 Å². The van der Waals surface area contributed by atoms with Crippen LogP contribution in [0.2, 0.25) is 0 Å². The number of rotatable bonds is 7. The number of nitrogens with one attached hydrogen (secondary N) is 2. The molecule has 2 amide bonds. The van der Waals surface area contributed by atoms with Crippen LogP contribution in [0.3, 0.4) is 0 Å². The molecular formula is C19H22N2O4S2. The summed E-state index contributed by atoms with van der Waals surface area (Å²) in [7, 11) is -3.36. The number of thiophene rings is 1. The van der Waals surface area contributed by atoms with E-state index in [0.29, 0.717) is 24.1 Å². The van der Waals surface area contributed by atoms with Crippen molar-refractivity contribution in [3.63, 3.8) is 0 Å². The Bertz CT molecular complexity index is 902. The molecule has 6 nitrogen and oxygen atoms in total. The predicted octanol–water partition coefficient (Wildman–Crippen LogP) is 3.22. The number of hydrogen-bond donors (Lipinski definition) is 2. The molecule has 3 rings (SSSR count). The molecule has 1 heterocycles. The fraction of sp³-hybridized carbons (Fsp3) is 0.368. The third kappa shape index (κ3) is 4.95. The molecule has 0 atom stereocenters. The molecule has 0 unspecified atom stereocenters. The normalized spacial score (nSPS) is 14.8. The van der Waals surface area contributed by atoms with Gasteiger partial charge in [0.25, 0.3) is 5.91 Å². The van der Waals surface area contributed by atoms with Crippen LogP contribution in [0.15, 0.2) is 46.0 Å². The molecule has 0 spiro atoms. The fourth-order valence-electron chi connectivity index (χ4n) is 3.15. The first-order chi connectivity index (χ1) is 13.0. The van der Waals surface area contributed by atoms with Gasteiger partial charge in [-0.3, -0.25) is 9.59 Å². The maximum Gasteiger partial charge on any atom is 0.252 e. The number of hydrogen-bond acceptors (Lipinski definition) is 5. The molecule has 0 radical (unpaired) electrons. The summed E-state index contributed by atoms with van der Waals surface area (Å²) >= 11 is 1.43. The van der Waals surface area contributed by atoms with Crippen LogP contribution < -0.4 is 10.6 Å². The van der Waals surface area contributed by atoms with E-state index in [0.717, 1.165) is 12.8 Å². The molecule has 1 saturated carbocycles. The summed E-state index contributed by atoms with van der Waals surface area (Å²) in [5, 5.41) is 8.62. The van der Waals surface area contributed by atoms with Gasteiger partial charge in [-0.05, 0) is 42.5 Å². The van der Waals surface area contributed by atoms with Gasteiger partial charge in [0, 0.05) is 29.6 Å². The van der Waals surface area contributed by atoms with E-state index in [1.165, 1.54) is 17.4 Å². The lowest BCUT2D eigenvalue weighted by Crippen LogP contribution is -2.27. The zero-order valence-electron chi connectivity index (χ0n) is 14.8. The Labute approximate surface area is 162 Å². The highest BCUT2D eigenvalue weighted by Crippen LogP contribution is 2.30. The Kier molecular flexibility index (Phi) is 6.28. The van der Waals surface area contributed by atoms with Gasteiger partial charge in [0.05, 0.1) is 10.1 Å². The van der Waals surface area contributed by atoms with Crippen molar-refractivity contribution in [3.05, 3.63) is 46.7 Å². The quantitative estimate of drug-likeness (QED) is 0.738. The first kappa shape index (κ1) is 19.6. The zero-order valence-corrected chi connectivity index (χ0v) is 16.4. The van der Waals surface area contributed by atoms with Crippen LogP contribution in [0.1, 0.15) is 42.5 Å². The van der Waals surface area contributed by atoms with Crippen molar-refractivity contribution < 1.29 is 18.0 Å². The minimum absolute atomic E-state index is 0.107. The Morgan fingerprint density at radius 1 is 1.15 bits per heavy atom. The summed E-state index contributed by atoms with van der Waals surface area (Å²) in [6, 6.07) is 8.10. The summed E-state index contributed by atoms with van der Waals surface area (Å²) < 4.78 is 25.3. The Hall–Kier alpha value is -2.19. The SMILES string of the molecule is O=C(CCNC(=O)c1ccsc1)Nc1cccc(S(=O)(=O)C2CCCC2)c1. The third-order valence-electron chi connectivity index (χ3n) is 4.61. The molecule has 1 fully saturated rings. The molecule has 0 aliphatic heterocycles. The summed E-state index contributed by atoms with van der Waals surface area (Å²) in [5.41, 5.74) is 1.02. The minimum atomic E-state index is -3.36. The second-order valence-corrected chi connectivity index (χ2v) is 9.55. The van der Waals surface area contributed by atoms with E-state index in [9.17, 15) is 18.0 Å². The van der Waals surface area contributed by atoms with Gasteiger partial charge in [-0.25, -0.2) is 8.42 Å². The first-order valence-corrected chi connectivity index (χ1v) is 11.4. The molecule has 1 aliphatic rings. The summed E-state index contributed by atoms with van der Waals surface area (Å²) in [6.07, 6.45) is 3.38. The van der Waals surface area contributed by atoms with Gasteiger partial charge in [0.2, 0.25) is 5.91 Å². The number of carbonyl (C=O) groups is 2. The molecule has 1 aromatic heterocycles. The number of anilines is 1. The standard InChI is InChI=1S/C19H22N2O4S2/c22-18(8-10-20-19(23)14-9-11-26-13-14)21-15-4-3-7-17(12-15)27(24,25)16-5-1-2-6-16/h3-4,7,9,11-13,16H,1-2,5-6,8,10H2,(H,20,23)(H,21,22). The molecule has 2 N–H and O–H groups in total.